The van der Waals surface area contributed by atoms with E-state index in [1.165, 1.54) is 12.8 Å². The van der Waals surface area contributed by atoms with E-state index in [4.69, 9.17) is 0 Å². The number of amides is 1. The molecule has 3 unspecified atom stereocenters. The molecular formula is C16H31NO. The fourth-order valence-corrected chi connectivity index (χ4v) is 3.00. The highest BCUT2D eigenvalue weighted by atomic mass is 16.2. The van der Waals surface area contributed by atoms with E-state index in [9.17, 15) is 4.79 Å². The Hall–Kier alpha value is -0.530. The first-order valence-corrected chi connectivity index (χ1v) is 7.72. The van der Waals surface area contributed by atoms with Crippen molar-refractivity contribution in [3.63, 3.8) is 0 Å². The summed E-state index contributed by atoms with van der Waals surface area (Å²) in [4.78, 5) is 14.8. The van der Waals surface area contributed by atoms with Gasteiger partial charge in [-0.1, -0.05) is 54.4 Å². The molecule has 106 valence electrons. The predicted octanol–water partition coefficient (Wildman–Crippen LogP) is 3.95. The molecule has 0 saturated carbocycles. The third-order valence-corrected chi connectivity index (χ3v) is 4.95. The first-order valence-electron chi connectivity index (χ1n) is 7.72. The summed E-state index contributed by atoms with van der Waals surface area (Å²) in [6, 6.07) is 0.467. The van der Waals surface area contributed by atoms with Crippen molar-refractivity contribution in [1.29, 1.82) is 0 Å². The zero-order valence-electron chi connectivity index (χ0n) is 13.1. The van der Waals surface area contributed by atoms with Gasteiger partial charge in [0.15, 0.2) is 0 Å². The lowest BCUT2D eigenvalue weighted by molar-refractivity contribution is -0.138. The second kappa shape index (κ2) is 6.58. The molecule has 0 aliphatic carbocycles. The number of carbonyl (C=O) groups is 1. The van der Waals surface area contributed by atoms with Gasteiger partial charge in [-0.05, 0) is 24.2 Å². The third-order valence-electron chi connectivity index (χ3n) is 4.95. The maximum atomic E-state index is 12.6. The van der Waals surface area contributed by atoms with Crippen LogP contribution in [0.15, 0.2) is 0 Å². The van der Waals surface area contributed by atoms with Crippen LogP contribution in [0.2, 0.25) is 0 Å². The van der Waals surface area contributed by atoms with Crippen molar-refractivity contribution >= 4 is 5.91 Å². The number of hydrogen-bond acceptors (Lipinski definition) is 1. The summed E-state index contributed by atoms with van der Waals surface area (Å²) >= 11 is 0. The molecule has 0 spiro atoms. The van der Waals surface area contributed by atoms with Gasteiger partial charge >= 0.3 is 0 Å². The molecule has 2 nitrogen and oxygen atoms in total. The topological polar surface area (TPSA) is 20.3 Å². The van der Waals surface area contributed by atoms with Crippen LogP contribution in [-0.4, -0.2) is 23.4 Å². The number of carbonyl (C=O) groups excluding carboxylic acids is 1. The summed E-state index contributed by atoms with van der Waals surface area (Å²) in [6.07, 6.45) is 3.49. The molecule has 2 heteroatoms. The number of likely N-dealkylation sites (tertiary alicyclic amines) is 1. The van der Waals surface area contributed by atoms with E-state index in [0.717, 1.165) is 13.0 Å². The Bertz CT molecular complexity index is 274. The Morgan fingerprint density at radius 2 is 1.83 bits per heavy atom. The van der Waals surface area contributed by atoms with E-state index in [1.807, 2.05) is 0 Å². The maximum absolute atomic E-state index is 12.6. The van der Waals surface area contributed by atoms with Crippen LogP contribution in [0.3, 0.4) is 0 Å². The van der Waals surface area contributed by atoms with Gasteiger partial charge in [0.25, 0.3) is 0 Å². The highest BCUT2D eigenvalue weighted by Gasteiger charge is 2.38. The minimum absolute atomic E-state index is 0.173. The SMILES string of the molecule is CCC1C[C@@H](C(C)C)N(C(=O)C(C)C(C)CC)C1. The molecule has 1 aliphatic rings. The van der Waals surface area contributed by atoms with Crippen LogP contribution in [0.5, 0.6) is 0 Å². The summed E-state index contributed by atoms with van der Waals surface area (Å²) in [5.41, 5.74) is 0. The van der Waals surface area contributed by atoms with E-state index in [2.05, 4.69) is 46.4 Å². The van der Waals surface area contributed by atoms with Crippen LogP contribution in [0.1, 0.15) is 60.8 Å². The van der Waals surface area contributed by atoms with Crippen LogP contribution in [-0.2, 0) is 4.79 Å². The molecule has 4 atom stereocenters. The fourth-order valence-electron chi connectivity index (χ4n) is 3.00. The summed E-state index contributed by atoms with van der Waals surface area (Å²) in [6.45, 7) is 14.2. The molecule has 1 amide bonds. The molecule has 1 rings (SSSR count). The Labute approximate surface area is 113 Å². The first kappa shape index (κ1) is 15.5. The Kier molecular flexibility index (Phi) is 5.68. The molecule has 0 aromatic heterocycles. The molecule has 0 aromatic rings. The van der Waals surface area contributed by atoms with Crippen LogP contribution in [0.4, 0.5) is 0 Å². The molecular weight excluding hydrogens is 222 g/mol. The lowest BCUT2D eigenvalue weighted by Crippen LogP contribution is -2.42. The highest BCUT2D eigenvalue weighted by molar-refractivity contribution is 5.79. The zero-order chi connectivity index (χ0) is 13.9. The fraction of sp³-hybridized carbons (Fsp3) is 0.938. The van der Waals surface area contributed by atoms with Crippen LogP contribution in [0.25, 0.3) is 0 Å². The molecule has 1 heterocycles. The summed E-state index contributed by atoms with van der Waals surface area (Å²) in [5, 5.41) is 0. The van der Waals surface area contributed by atoms with Crippen molar-refractivity contribution in [2.24, 2.45) is 23.7 Å². The molecule has 0 N–H and O–H groups in total. The van der Waals surface area contributed by atoms with Gasteiger partial charge in [-0.2, -0.15) is 0 Å². The van der Waals surface area contributed by atoms with Crippen molar-refractivity contribution in [2.45, 2.75) is 66.8 Å². The summed E-state index contributed by atoms with van der Waals surface area (Å²) < 4.78 is 0. The zero-order valence-corrected chi connectivity index (χ0v) is 13.1. The smallest absolute Gasteiger partial charge is 0.225 e. The lowest BCUT2D eigenvalue weighted by Gasteiger charge is -2.31. The predicted molar refractivity (Wildman–Crippen MR) is 77.4 cm³/mol. The quantitative estimate of drug-likeness (QED) is 0.726. The van der Waals surface area contributed by atoms with E-state index < -0.39 is 0 Å². The second-order valence-corrected chi connectivity index (χ2v) is 6.49. The average Bonchev–Trinajstić information content (AvgIpc) is 2.80. The van der Waals surface area contributed by atoms with Gasteiger partial charge in [-0.25, -0.2) is 0 Å². The normalized spacial score (nSPS) is 27.6. The third kappa shape index (κ3) is 3.27. The molecule has 0 radical (unpaired) electrons. The maximum Gasteiger partial charge on any atom is 0.225 e. The molecule has 1 saturated heterocycles. The number of hydrogen-bond donors (Lipinski definition) is 0. The average molecular weight is 253 g/mol. The lowest BCUT2D eigenvalue weighted by atomic mass is 9.91. The van der Waals surface area contributed by atoms with Crippen molar-refractivity contribution in [1.82, 2.24) is 4.90 Å². The molecule has 18 heavy (non-hydrogen) atoms. The largest absolute Gasteiger partial charge is 0.339 e. The van der Waals surface area contributed by atoms with Crippen LogP contribution < -0.4 is 0 Å². The molecule has 1 fully saturated rings. The Morgan fingerprint density at radius 3 is 2.28 bits per heavy atom. The number of rotatable bonds is 5. The van der Waals surface area contributed by atoms with Gasteiger partial charge in [0.2, 0.25) is 5.91 Å². The summed E-state index contributed by atoms with van der Waals surface area (Å²) in [5.74, 6) is 2.34. The van der Waals surface area contributed by atoms with Gasteiger partial charge in [0.1, 0.15) is 0 Å². The van der Waals surface area contributed by atoms with Crippen LogP contribution >= 0.6 is 0 Å². The van der Waals surface area contributed by atoms with Gasteiger partial charge in [-0.15, -0.1) is 0 Å². The summed E-state index contributed by atoms with van der Waals surface area (Å²) in [7, 11) is 0. The van der Waals surface area contributed by atoms with Gasteiger partial charge in [0, 0.05) is 18.5 Å². The van der Waals surface area contributed by atoms with Gasteiger partial charge in [0.05, 0.1) is 0 Å². The monoisotopic (exact) mass is 253 g/mol. The second-order valence-electron chi connectivity index (χ2n) is 6.49. The van der Waals surface area contributed by atoms with Crippen molar-refractivity contribution in [2.75, 3.05) is 6.54 Å². The molecule has 1 aliphatic heterocycles. The van der Waals surface area contributed by atoms with Crippen molar-refractivity contribution in [3.8, 4) is 0 Å². The highest BCUT2D eigenvalue weighted by Crippen LogP contribution is 2.32. The van der Waals surface area contributed by atoms with E-state index in [1.54, 1.807) is 0 Å². The van der Waals surface area contributed by atoms with Crippen molar-refractivity contribution in [3.05, 3.63) is 0 Å². The number of nitrogens with zero attached hydrogens (tertiary/aromatic N) is 1. The van der Waals surface area contributed by atoms with Gasteiger partial charge in [-0.3, -0.25) is 4.79 Å². The van der Waals surface area contributed by atoms with E-state index in [-0.39, 0.29) is 5.92 Å². The minimum atomic E-state index is 0.173. The van der Waals surface area contributed by atoms with Crippen LogP contribution in [0, 0.1) is 23.7 Å². The first-order chi connectivity index (χ1) is 8.42. The van der Waals surface area contributed by atoms with E-state index >= 15 is 0 Å². The Balaban J connectivity index is 2.76. The van der Waals surface area contributed by atoms with Crippen molar-refractivity contribution < 1.29 is 4.79 Å². The Morgan fingerprint density at radius 1 is 1.22 bits per heavy atom. The standard InChI is InChI=1S/C16H31NO/c1-7-12(5)13(6)16(18)17-10-14(8-2)9-15(17)11(3)4/h11-15H,7-10H2,1-6H3/t12?,13?,14?,15-/m0/s1. The van der Waals surface area contributed by atoms with Gasteiger partial charge < -0.3 is 4.90 Å². The molecule has 0 bridgehead atoms. The molecule has 0 aromatic carbocycles. The van der Waals surface area contributed by atoms with E-state index in [0.29, 0.717) is 29.7 Å². The minimum Gasteiger partial charge on any atom is -0.339 e.